The van der Waals surface area contributed by atoms with Crippen LogP contribution in [0, 0.1) is 0 Å². The highest BCUT2D eigenvalue weighted by atomic mass is 16.5. The molecule has 1 saturated heterocycles. The predicted octanol–water partition coefficient (Wildman–Crippen LogP) is 3.99. The second kappa shape index (κ2) is 8.09. The van der Waals surface area contributed by atoms with E-state index < -0.39 is 0 Å². The summed E-state index contributed by atoms with van der Waals surface area (Å²) in [5.74, 6) is 1.41. The maximum Gasteiger partial charge on any atom is 0.151 e. The third-order valence-electron chi connectivity index (χ3n) is 6.12. The summed E-state index contributed by atoms with van der Waals surface area (Å²) in [4.78, 5) is 2.21. The lowest BCUT2D eigenvalue weighted by atomic mass is 9.79. The number of hydrogen-bond acceptors (Lipinski definition) is 7. The molecule has 0 unspecified atom stereocenters. The molecular formula is C24H32N6O2. The number of phenolic OH excluding ortho intramolecular Hbond substituents is 1. The van der Waals surface area contributed by atoms with Crippen LogP contribution < -0.4 is 15.0 Å². The van der Waals surface area contributed by atoms with Crippen molar-refractivity contribution in [2.24, 2.45) is 0 Å². The van der Waals surface area contributed by atoms with Gasteiger partial charge in [-0.25, -0.2) is 0 Å². The van der Waals surface area contributed by atoms with Crippen molar-refractivity contribution in [2.45, 2.75) is 57.7 Å². The van der Waals surface area contributed by atoms with E-state index in [2.05, 4.69) is 65.4 Å². The number of nitrogens with zero attached hydrogens (tertiary/aromatic N) is 4. The number of anilines is 1. The third-order valence-corrected chi connectivity index (χ3v) is 6.12. The van der Waals surface area contributed by atoms with E-state index in [-0.39, 0.29) is 16.8 Å². The Morgan fingerprint density at radius 3 is 2.34 bits per heavy atom. The number of piperidine rings is 1. The second-order valence-corrected chi connectivity index (χ2v) is 9.90. The van der Waals surface area contributed by atoms with Crippen molar-refractivity contribution in [3.63, 3.8) is 0 Å². The number of ether oxygens (including phenoxy) is 1. The molecule has 0 saturated carbocycles. The number of hydrogen-bond donors (Lipinski definition) is 3. The van der Waals surface area contributed by atoms with Gasteiger partial charge in [0.05, 0.1) is 18.9 Å². The van der Waals surface area contributed by atoms with E-state index in [0.717, 1.165) is 29.8 Å². The number of nitrogens with one attached hydrogen (secondary N) is 2. The first-order chi connectivity index (χ1) is 15.1. The fourth-order valence-electron chi connectivity index (χ4n) is 4.97. The van der Waals surface area contributed by atoms with Crippen LogP contribution in [0.3, 0.4) is 0 Å². The van der Waals surface area contributed by atoms with Crippen LogP contribution >= 0.6 is 0 Å². The Kier molecular flexibility index (Phi) is 5.58. The van der Waals surface area contributed by atoms with E-state index >= 15 is 0 Å². The largest absolute Gasteiger partial charge is 0.507 e. The summed E-state index contributed by atoms with van der Waals surface area (Å²) in [5, 5.41) is 30.2. The molecule has 1 fully saturated rings. The molecule has 0 amide bonds. The van der Waals surface area contributed by atoms with Gasteiger partial charge >= 0.3 is 0 Å². The Hall–Kier alpha value is -3.13. The number of methoxy groups -OCH3 is 1. The molecule has 170 valence electrons. The SMILES string of the molecule is COc1cc(-c2cn[nH]c2)cc(O)c1-c1ccc(N(C)C2CC(C)(C)NC(C)(C)C2)nn1. The minimum Gasteiger partial charge on any atom is -0.507 e. The molecule has 4 rings (SSSR count). The smallest absolute Gasteiger partial charge is 0.151 e. The van der Waals surface area contributed by atoms with Gasteiger partial charge in [0.1, 0.15) is 17.2 Å². The second-order valence-electron chi connectivity index (χ2n) is 9.90. The van der Waals surface area contributed by atoms with E-state index in [1.807, 2.05) is 18.2 Å². The number of aromatic nitrogens is 4. The van der Waals surface area contributed by atoms with Gasteiger partial charge in [-0.2, -0.15) is 5.10 Å². The Morgan fingerprint density at radius 1 is 1.06 bits per heavy atom. The van der Waals surface area contributed by atoms with Crippen molar-refractivity contribution in [1.29, 1.82) is 0 Å². The highest BCUT2D eigenvalue weighted by Gasteiger charge is 2.39. The summed E-state index contributed by atoms with van der Waals surface area (Å²) in [5.41, 5.74) is 2.83. The minimum atomic E-state index is 0.0456. The maximum absolute atomic E-state index is 10.8. The van der Waals surface area contributed by atoms with Crippen molar-refractivity contribution in [1.82, 2.24) is 25.7 Å². The zero-order chi connectivity index (χ0) is 23.1. The van der Waals surface area contributed by atoms with Crippen molar-refractivity contribution in [2.75, 3.05) is 19.1 Å². The Bertz CT molecular complexity index is 1060. The van der Waals surface area contributed by atoms with Crippen LogP contribution in [0.15, 0.2) is 36.7 Å². The molecule has 1 aliphatic rings. The number of phenols is 1. The average Bonchev–Trinajstić information content (AvgIpc) is 3.25. The summed E-state index contributed by atoms with van der Waals surface area (Å²) < 4.78 is 5.56. The van der Waals surface area contributed by atoms with Gasteiger partial charge in [0.2, 0.25) is 0 Å². The average molecular weight is 437 g/mol. The molecule has 1 aromatic carbocycles. The molecule has 3 aromatic rings. The normalized spacial score (nSPS) is 17.8. The maximum atomic E-state index is 10.8. The quantitative estimate of drug-likeness (QED) is 0.556. The molecular weight excluding hydrogens is 404 g/mol. The first kappa shape index (κ1) is 22.1. The number of rotatable bonds is 5. The van der Waals surface area contributed by atoms with Gasteiger partial charge in [0.15, 0.2) is 5.82 Å². The van der Waals surface area contributed by atoms with Crippen LogP contribution in [0.2, 0.25) is 0 Å². The Balaban J connectivity index is 1.61. The van der Waals surface area contributed by atoms with Gasteiger partial charge in [0, 0.05) is 35.9 Å². The molecule has 0 bridgehead atoms. The zero-order valence-electron chi connectivity index (χ0n) is 19.6. The number of aromatic hydroxyl groups is 1. The standard InChI is InChI=1S/C24H32N6O2/c1-23(2)11-17(12-24(3,4)29-23)30(5)21-8-7-18(27-28-21)22-19(31)9-15(10-20(22)32-6)16-13-25-26-14-16/h7-10,13-14,17,29,31H,11-12H2,1-6H3,(H,25,26). The fraction of sp³-hybridized carbons (Fsp3) is 0.458. The fourth-order valence-corrected chi connectivity index (χ4v) is 4.97. The lowest BCUT2D eigenvalue weighted by molar-refractivity contribution is 0.160. The third kappa shape index (κ3) is 4.41. The molecule has 3 N–H and O–H groups in total. The molecule has 0 atom stereocenters. The van der Waals surface area contributed by atoms with E-state index in [1.54, 1.807) is 25.6 Å². The molecule has 8 nitrogen and oxygen atoms in total. The molecule has 1 aliphatic heterocycles. The van der Waals surface area contributed by atoms with Crippen LogP contribution in [0.1, 0.15) is 40.5 Å². The molecule has 3 heterocycles. The molecule has 8 heteroatoms. The Morgan fingerprint density at radius 2 is 1.78 bits per heavy atom. The van der Waals surface area contributed by atoms with Gasteiger partial charge in [-0.3, -0.25) is 5.10 Å². The minimum absolute atomic E-state index is 0.0456. The molecule has 0 aliphatic carbocycles. The van der Waals surface area contributed by atoms with Crippen molar-refractivity contribution in [3.8, 4) is 33.9 Å². The summed E-state index contributed by atoms with van der Waals surface area (Å²) in [6.45, 7) is 8.97. The predicted molar refractivity (Wildman–Crippen MR) is 126 cm³/mol. The highest BCUT2D eigenvalue weighted by molar-refractivity contribution is 5.80. The number of benzene rings is 1. The summed E-state index contributed by atoms with van der Waals surface area (Å²) >= 11 is 0. The molecule has 32 heavy (non-hydrogen) atoms. The van der Waals surface area contributed by atoms with Crippen molar-refractivity contribution < 1.29 is 9.84 Å². The highest BCUT2D eigenvalue weighted by Crippen LogP contribution is 2.41. The summed E-state index contributed by atoms with van der Waals surface area (Å²) in [7, 11) is 3.65. The summed E-state index contributed by atoms with van der Waals surface area (Å²) in [6, 6.07) is 7.72. The van der Waals surface area contributed by atoms with E-state index in [9.17, 15) is 5.11 Å². The molecule has 0 spiro atoms. The molecule has 0 radical (unpaired) electrons. The Labute approximate surface area is 189 Å². The zero-order valence-corrected chi connectivity index (χ0v) is 19.6. The first-order valence-corrected chi connectivity index (χ1v) is 10.8. The van der Waals surface area contributed by atoms with Crippen LogP contribution in [-0.4, -0.2) is 56.8 Å². The number of H-pyrrole nitrogens is 1. The van der Waals surface area contributed by atoms with Crippen LogP contribution in [0.4, 0.5) is 5.82 Å². The lowest BCUT2D eigenvalue weighted by Gasteiger charge is -2.49. The molecule has 2 aromatic heterocycles. The van der Waals surface area contributed by atoms with Gasteiger partial charge in [0.25, 0.3) is 0 Å². The van der Waals surface area contributed by atoms with Crippen LogP contribution in [0.25, 0.3) is 22.4 Å². The van der Waals surface area contributed by atoms with Gasteiger partial charge in [-0.1, -0.05) is 0 Å². The van der Waals surface area contributed by atoms with E-state index in [1.165, 1.54) is 0 Å². The lowest BCUT2D eigenvalue weighted by Crippen LogP contribution is -2.62. The van der Waals surface area contributed by atoms with Crippen molar-refractivity contribution in [3.05, 3.63) is 36.7 Å². The van der Waals surface area contributed by atoms with Gasteiger partial charge < -0.3 is 20.1 Å². The van der Waals surface area contributed by atoms with E-state index in [0.29, 0.717) is 23.0 Å². The number of aromatic amines is 1. The monoisotopic (exact) mass is 436 g/mol. The van der Waals surface area contributed by atoms with E-state index in [4.69, 9.17) is 4.74 Å². The van der Waals surface area contributed by atoms with Crippen molar-refractivity contribution >= 4 is 5.82 Å². The van der Waals surface area contributed by atoms with Crippen LogP contribution in [0.5, 0.6) is 11.5 Å². The summed E-state index contributed by atoms with van der Waals surface area (Å²) in [6.07, 6.45) is 5.49. The topological polar surface area (TPSA) is 99.2 Å². The van der Waals surface area contributed by atoms with Crippen LogP contribution in [-0.2, 0) is 0 Å². The van der Waals surface area contributed by atoms with Gasteiger partial charge in [-0.05, 0) is 70.4 Å². The van der Waals surface area contributed by atoms with Gasteiger partial charge in [-0.15, -0.1) is 10.2 Å². The first-order valence-electron chi connectivity index (χ1n) is 10.8.